The van der Waals surface area contributed by atoms with Gasteiger partial charge < -0.3 is 9.67 Å². The monoisotopic (exact) mass is 411 g/mol. The van der Waals surface area contributed by atoms with Crippen LogP contribution in [-0.4, -0.2) is 30.8 Å². The van der Waals surface area contributed by atoms with Gasteiger partial charge in [0, 0.05) is 11.9 Å². The number of rotatable bonds is 4. The number of carbonyl (C=O) groups is 1. The van der Waals surface area contributed by atoms with Crippen LogP contribution in [0.25, 0.3) is 21.6 Å². The van der Waals surface area contributed by atoms with Crippen molar-refractivity contribution in [3.63, 3.8) is 0 Å². The van der Waals surface area contributed by atoms with Crippen LogP contribution in [0.1, 0.15) is 17.3 Å². The molecule has 2 N–H and O–H groups in total. The number of anilines is 1. The maximum absolute atomic E-state index is 13.3. The predicted octanol–water partition coefficient (Wildman–Crippen LogP) is 3.03. The van der Waals surface area contributed by atoms with Crippen molar-refractivity contribution >= 4 is 33.3 Å². The first-order valence-electron chi connectivity index (χ1n) is 8.62. The van der Waals surface area contributed by atoms with Crippen LogP contribution < -0.4 is 10.9 Å². The fourth-order valence-corrected chi connectivity index (χ4v) is 3.68. The van der Waals surface area contributed by atoms with Gasteiger partial charge in [-0.15, -0.1) is 10.2 Å². The van der Waals surface area contributed by atoms with Gasteiger partial charge in [-0.3, -0.25) is 14.9 Å². The van der Waals surface area contributed by atoms with Crippen molar-refractivity contribution < 1.29 is 14.3 Å². The van der Waals surface area contributed by atoms with E-state index in [1.54, 1.807) is 37.3 Å². The summed E-state index contributed by atoms with van der Waals surface area (Å²) in [6.45, 7) is 2.10. The summed E-state index contributed by atoms with van der Waals surface area (Å²) in [5, 5.41) is 21.5. The Morgan fingerprint density at radius 2 is 2.00 bits per heavy atom. The molecular weight excluding hydrogens is 397 g/mol. The van der Waals surface area contributed by atoms with Crippen LogP contribution in [0.5, 0.6) is 5.75 Å². The lowest BCUT2D eigenvalue weighted by atomic mass is 10.1. The van der Waals surface area contributed by atoms with Crippen LogP contribution >= 0.6 is 11.3 Å². The summed E-state index contributed by atoms with van der Waals surface area (Å²) in [5.41, 5.74) is -0.196. The largest absolute Gasteiger partial charge is 0.506 e. The van der Waals surface area contributed by atoms with Gasteiger partial charge in [0.05, 0.1) is 5.52 Å². The van der Waals surface area contributed by atoms with E-state index in [0.29, 0.717) is 22.5 Å². The van der Waals surface area contributed by atoms with E-state index in [9.17, 15) is 19.1 Å². The van der Waals surface area contributed by atoms with Crippen LogP contribution in [-0.2, 0) is 6.54 Å². The molecular formula is C19H14FN5O3S. The fourth-order valence-electron chi connectivity index (χ4n) is 2.97. The molecule has 0 radical (unpaired) electrons. The first-order chi connectivity index (χ1) is 14.0. The SMILES string of the molecule is CCn1c(=O)c(C(=O)Nc2nnc(-c3cccc(F)n3)s2)c(O)c2ccccc21. The average Bonchev–Trinajstić information content (AvgIpc) is 3.17. The zero-order valence-corrected chi connectivity index (χ0v) is 15.9. The topological polar surface area (TPSA) is 110 Å². The zero-order chi connectivity index (χ0) is 20.5. The highest BCUT2D eigenvalue weighted by Crippen LogP contribution is 2.28. The summed E-state index contributed by atoms with van der Waals surface area (Å²) < 4.78 is 14.7. The summed E-state index contributed by atoms with van der Waals surface area (Å²) in [7, 11) is 0. The van der Waals surface area contributed by atoms with Crippen LogP contribution in [0.4, 0.5) is 9.52 Å². The number of amides is 1. The molecule has 8 nitrogen and oxygen atoms in total. The van der Waals surface area contributed by atoms with Crippen LogP contribution in [0, 0.1) is 5.95 Å². The van der Waals surface area contributed by atoms with E-state index >= 15 is 0 Å². The minimum absolute atomic E-state index is 0.0890. The number of fused-ring (bicyclic) bond motifs is 1. The number of aromatic nitrogens is 4. The van der Waals surface area contributed by atoms with Crippen molar-refractivity contribution in [3.05, 3.63) is 64.3 Å². The first kappa shape index (κ1) is 18.7. The first-order valence-corrected chi connectivity index (χ1v) is 9.43. The summed E-state index contributed by atoms with van der Waals surface area (Å²) in [6.07, 6.45) is 0. The number of pyridine rings is 2. The van der Waals surface area contributed by atoms with Gasteiger partial charge >= 0.3 is 0 Å². The van der Waals surface area contributed by atoms with Gasteiger partial charge in [-0.1, -0.05) is 29.5 Å². The number of aromatic hydroxyl groups is 1. The van der Waals surface area contributed by atoms with E-state index < -0.39 is 23.2 Å². The molecule has 3 heterocycles. The summed E-state index contributed by atoms with van der Waals surface area (Å²) >= 11 is 0.969. The molecule has 0 atom stereocenters. The van der Waals surface area contributed by atoms with Gasteiger partial charge in [-0.25, -0.2) is 4.98 Å². The lowest BCUT2D eigenvalue weighted by Crippen LogP contribution is -2.29. The molecule has 1 aromatic carbocycles. The summed E-state index contributed by atoms with van der Waals surface area (Å²) in [5.74, 6) is -1.87. The molecule has 4 rings (SSSR count). The number of para-hydroxylation sites is 1. The smallest absolute Gasteiger partial charge is 0.267 e. The third-order valence-electron chi connectivity index (χ3n) is 4.27. The Bertz CT molecular complexity index is 1300. The quantitative estimate of drug-likeness (QED) is 0.500. The number of nitrogens with zero attached hydrogens (tertiary/aromatic N) is 4. The third-order valence-corrected chi connectivity index (χ3v) is 5.13. The van der Waals surface area contributed by atoms with Gasteiger partial charge in [0.15, 0.2) is 5.01 Å². The third kappa shape index (κ3) is 3.34. The highest BCUT2D eigenvalue weighted by molar-refractivity contribution is 7.18. The molecule has 0 aliphatic carbocycles. The van der Waals surface area contributed by atoms with Gasteiger partial charge in [0.1, 0.15) is 17.0 Å². The van der Waals surface area contributed by atoms with Crippen molar-refractivity contribution in [3.8, 4) is 16.5 Å². The second-order valence-corrected chi connectivity index (χ2v) is 6.98. The number of aryl methyl sites for hydroxylation is 1. The zero-order valence-electron chi connectivity index (χ0n) is 15.1. The molecule has 0 unspecified atom stereocenters. The molecule has 0 aliphatic heterocycles. The number of nitrogens with one attached hydrogen (secondary N) is 1. The molecule has 0 saturated heterocycles. The maximum atomic E-state index is 13.3. The lowest BCUT2D eigenvalue weighted by molar-refractivity contribution is 0.102. The fraction of sp³-hybridized carbons (Fsp3) is 0.105. The molecule has 0 fully saturated rings. The van der Waals surface area contributed by atoms with Gasteiger partial charge in [-0.2, -0.15) is 4.39 Å². The highest BCUT2D eigenvalue weighted by Gasteiger charge is 2.23. The molecule has 0 aliphatic rings. The van der Waals surface area contributed by atoms with Crippen molar-refractivity contribution in [2.45, 2.75) is 13.5 Å². The van der Waals surface area contributed by atoms with E-state index in [4.69, 9.17) is 0 Å². The second-order valence-electron chi connectivity index (χ2n) is 6.00. The minimum Gasteiger partial charge on any atom is -0.506 e. The number of hydrogen-bond acceptors (Lipinski definition) is 7. The van der Waals surface area contributed by atoms with Crippen molar-refractivity contribution in [1.29, 1.82) is 0 Å². The van der Waals surface area contributed by atoms with Crippen LogP contribution in [0.3, 0.4) is 0 Å². The number of benzene rings is 1. The predicted molar refractivity (Wildman–Crippen MR) is 107 cm³/mol. The number of halogens is 1. The Hall–Kier alpha value is -3.66. The standard InChI is InChI=1S/C19H14FN5O3S/c1-2-25-12-8-4-3-6-10(12)15(26)14(18(25)28)16(27)22-19-24-23-17(29-19)11-7-5-9-13(20)21-11/h3-9,26H,2H2,1H3,(H,22,24,27). The van der Waals surface area contributed by atoms with E-state index in [-0.39, 0.29) is 16.4 Å². The summed E-state index contributed by atoms with van der Waals surface area (Å²) in [4.78, 5) is 29.2. The van der Waals surface area contributed by atoms with E-state index in [1.807, 2.05) is 0 Å². The van der Waals surface area contributed by atoms with E-state index in [1.165, 1.54) is 16.7 Å². The molecule has 0 saturated carbocycles. The normalized spacial score (nSPS) is 11.0. The van der Waals surface area contributed by atoms with Crippen molar-refractivity contribution in [2.24, 2.45) is 0 Å². The second kappa shape index (κ2) is 7.40. The Kier molecular flexibility index (Phi) is 4.77. The highest BCUT2D eigenvalue weighted by atomic mass is 32.1. The van der Waals surface area contributed by atoms with Gasteiger partial charge in [0.2, 0.25) is 11.1 Å². The molecule has 146 valence electrons. The molecule has 3 aromatic heterocycles. The lowest BCUT2D eigenvalue weighted by Gasteiger charge is -2.12. The summed E-state index contributed by atoms with van der Waals surface area (Å²) in [6, 6.07) is 11.0. The van der Waals surface area contributed by atoms with Crippen LogP contribution in [0.15, 0.2) is 47.3 Å². The minimum atomic E-state index is -0.810. The Balaban J connectivity index is 1.71. The molecule has 0 spiro atoms. The Morgan fingerprint density at radius 1 is 1.21 bits per heavy atom. The Labute approximate surface area is 167 Å². The number of hydrogen-bond donors (Lipinski definition) is 2. The molecule has 4 aromatic rings. The molecule has 0 bridgehead atoms. The number of carbonyl (C=O) groups excluding carboxylic acids is 1. The maximum Gasteiger partial charge on any atom is 0.267 e. The molecule has 29 heavy (non-hydrogen) atoms. The average molecular weight is 411 g/mol. The van der Waals surface area contributed by atoms with Crippen LogP contribution in [0.2, 0.25) is 0 Å². The Morgan fingerprint density at radius 3 is 2.76 bits per heavy atom. The van der Waals surface area contributed by atoms with Gasteiger partial charge in [0.25, 0.3) is 11.5 Å². The van der Waals surface area contributed by atoms with Gasteiger partial charge in [-0.05, 0) is 31.2 Å². The molecule has 1 amide bonds. The van der Waals surface area contributed by atoms with E-state index in [0.717, 1.165) is 11.3 Å². The van der Waals surface area contributed by atoms with Crippen molar-refractivity contribution in [1.82, 2.24) is 19.7 Å². The van der Waals surface area contributed by atoms with E-state index in [2.05, 4.69) is 20.5 Å². The molecule has 10 heteroatoms. The van der Waals surface area contributed by atoms with Crippen molar-refractivity contribution in [2.75, 3.05) is 5.32 Å².